The summed E-state index contributed by atoms with van der Waals surface area (Å²) in [4.78, 5) is 11.5. The van der Waals surface area contributed by atoms with Crippen molar-refractivity contribution in [3.8, 4) is 17.6 Å². The maximum Gasteiger partial charge on any atom is 0.343 e. The van der Waals surface area contributed by atoms with Crippen molar-refractivity contribution in [2.24, 2.45) is 7.05 Å². The zero-order valence-corrected chi connectivity index (χ0v) is 15.5. The highest BCUT2D eigenvalue weighted by atomic mass is 35.5. The molecule has 136 valence electrons. The number of rotatable bonds is 5. The Balaban J connectivity index is 1.93. The van der Waals surface area contributed by atoms with Crippen LogP contribution in [0.4, 0.5) is 4.39 Å². The van der Waals surface area contributed by atoms with E-state index in [4.69, 9.17) is 21.6 Å². The summed E-state index contributed by atoms with van der Waals surface area (Å²) in [7, 11) is 3.26. The lowest BCUT2D eigenvalue weighted by Gasteiger charge is -2.14. The van der Waals surface area contributed by atoms with Gasteiger partial charge in [0.1, 0.15) is 19.4 Å². The fraction of sp³-hybridized carbons (Fsp3) is 0.167. The molecule has 3 aromatic rings. The van der Waals surface area contributed by atoms with E-state index in [-0.39, 0.29) is 17.2 Å². The molecule has 0 spiro atoms. The highest BCUT2D eigenvalue weighted by Gasteiger charge is 2.16. The number of benzene rings is 2. The van der Waals surface area contributed by atoms with E-state index >= 15 is 0 Å². The van der Waals surface area contributed by atoms with Crippen LogP contribution in [0.15, 0.2) is 35.1 Å². The summed E-state index contributed by atoms with van der Waals surface area (Å²) in [6.07, 6.45) is 0.837. The van der Waals surface area contributed by atoms with Gasteiger partial charge in [0.15, 0.2) is 11.6 Å². The van der Waals surface area contributed by atoms with Gasteiger partial charge in [-0.25, -0.2) is 14.3 Å². The maximum atomic E-state index is 14.7. The Hall–Kier alpha value is -3.05. The summed E-state index contributed by atoms with van der Waals surface area (Å²) >= 11 is 6.00. The average Bonchev–Trinajstić information content (AvgIpc) is 2.96. The molecule has 1 heterocycles. The van der Waals surface area contributed by atoms with Crippen LogP contribution in [0.2, 0.25) is 5.02 Å². The van der Waals surface area contributed by atoms with Crippen molar-refractivity contribution in [3.63, 3.8) is 0 Å². The quantitative estimate of drug-likeness (QED) is 0.677. The molecule has 0 saturated carbocycles. The second kappa shape index (κ2) is 7.68. The molecule has 0 radical (unpaired) electrons. The summed E-state index contributed by atoms with van der Waals surface area (Å²) in [5.74, 6) is 0.419. The van der Waals surface area contributed by atoms with E-state index in [1.54, 1.807) is 27.0 Å². The topological polar surface area (TPSA) is 83.7 Å². The molecule has 0 unspecified atom stereocenters. The molecule has 0 atom stereocenters. The highest BCUT2D eigenvalue weighted by Crippen LogP contribution is 2.30. The molecule has 0 amide bonds. The number of nitrogens with one attached hydrogen (secondary N) is 1. The van der Waals surface area contributed by atoms with Crippen LogP contribution >= 0.6 is 11.6 Å². The number of aryl methyl sites for hydroxylation is 2. The minimum atomic E-state index is -0.484. The molecule has 0 aliphatic heterocycles. The van der Waals surface area contributed by atoms with Crippen LogP contribution in [0.5, 0.6) is 11.5 Å². The maximum absolute atomic E-state index is 14.7. The number of hydrogen-bond donors (Lipinski definition) is 1. The Bertz CT molecular complexity index is 1100. The summed E-state index contributed by atoms with van der Waals surface area (Å²) in [6, 6.07) is 9.94. The molecular formula is C18H15BClFN4O2. The lowest BCUT2D eigenvalue weighted by atomic mass is 9.92. The van der Waals surface area contributed by atoms with Gasteiger partial charge in [-0.05, 0) is 30.2 Å². The number of H-pyrrole nitrogens is 1. The summed E-state index contributed by atoms with van der Waals surface area (Å²) < 4.78 is 21.9. The SMILES string of the molecule is Bc1ccc(CCc2n[nH]c(=O)n2C)c(Oc2cc(Cl)cc(C#N)c2)c1F. The standard InChI is InChI=1S/C18H15BClFN4O2/c1-25-15(23-24-18(25)26)5-3-11-2-4-14(19)16(21)17(11)27-13-7-10(9-22)6-12(20)8-13/h2,4,6-8H,3,5,19H2,1H3,(H,24,26). The predicted molar refractivity (Wildman–Crippen MR) is 102 cm³/mol. The zero-order chi connectivity index (χ0) is 19.6. The largest absolute Gasteiger partial charge is 0.454 e. The van der Waals surface area contributed by atoms with Gasteiger partial charge in [-0.3, -0.25) is 4.57 Å². The number of nitrogens with zero attached hydrogens (tertiary/aromatic N) is 3. The van der Waals surface area contributed by atoms with Crippen LogP contribution in [-0.2, 0) is 19.9 Å². The Labute approximate surface area is 160 Å². The van der Waals surface area contributed by atoms with Crippen molar-refractivity contribution >= 4 is 24.9 Å². The molecule has 27 heavy (non-hydrogen) atoms. The van der Waals surface area contributed by atoms with Crippen molar-refractivity contribution in [1.82, 2.24) is 14.8 Å². The Kier molecular flexibility index (Phi) is 5.33. The van der Waals surface area contributed by atoms with E-state index < -0.39 is 5.82 Å². The van der Waals surface area contributed by atoms with Gasteiger partial charge in [-0.15, -0.1) is 0 Å². The van der Waals surface area contributed by atoms with E-state index in [1.807, 2.05) is 6.07 Å². The fourth-order valence-electron chi connectivity index (χ4n) is 2.66. The van der Waals surface area contributed by atoms with Gasteiger partial charge >= 0.3 is 5.69 Å². The Morgan fingerprint density at radius 3 is 2.81 bits per heavy atom. The fourth-order valence-corrected chi connectivity index (χ4v) is 2.88. The molecule has 0 fully saturated rings. The van der Waals surface area contributed by atoms with E-state index in [2.05, 4.69) is 10.2 Å². The van der Waals surface area contributed by atoms with Crippen molar-refractivity contribution < 1.29 is 9.13 Å². The number of aromatic nitrogens is 3. The number of hydrogen-bond acceptors (Lipinski definition) is 4. The molecule has 3 rings (SSSR count). The minimum absolute atomic E-state index is 0.0710. The van der Waals surface area contributed by atoms with Crippen LogP contribution in [0.3, 0.4) is 0 Å². The van der Waals surface area contributed by atoms with Crippen LogP contribution in [0.25, 0.3) is 0 Å². The number of nitriles is 1. The van der Waals surface area contributed by atoms with Crippen LogP contribution < -0.4 is 15.9 Å². The van der Waals surface area contributed by atoms with Gasteiger partial charge in [0.05, 0.1) is 11.6 Å². The highest BCUT2D eigenvalue weighted by molar-refractivity contribution is 6.32. The van der Waals surface area contributed by atoms with Crippen molar-refractivity contribution in [3.05, 3.63) is 68.6 Å². The molecule has 0 aliphatic carbocycles. The van der Waals surface area contributed by atoms with Crippen molar-refractivity contribution in [2.75, 3.05) is 0 Å². The first-order valence-electron chi connectivity index (χ1n) is 8.16. The molecule has 0 bridgehead atoms. The van der Waals surface area contributed by atoms with Gasteiger partial charge in [-0.1, -0.05) is 29.2 Å². The number of aromatic amines is 1. The monoisotopic (exact) mass is 384 g/mol. The van der Waals surface area contributed by atoms with E-state index in [9.17, 15) is 9.18 Å². The molecule has 6 nitrogen and oxygen atoms in total. The second-order valence-corrected chi connectivity index (χ2v) is 6.51. The molecule has 0 saturated heterocycles. The van der Waals surface area contributed by atoms with Crippen LogP contribution in [0.1, 0.15) is 17.0 Å². The number of ether oxygens (including phenoxy) is 1. The van der Waals surface area contributed by atoms with Crippen LogP contribution in [0, 0.1) is 17.1 Å². The third-order valence-electron chi connectivity index (χ3n) is 4.18. The third-order valence-corrected chi connectivity index (χ3v) is 4.40. The van der Waals surface area contributed by atoms with Gasteiger partial charge in [0, 0.05) is 18.5 Å². The minimum Gasteiger partial charge on any atom is -0.454 e. The van der Waals surface area contributed by atoms with Gasteiger partial charge in [0.2, 0.25) is 0 Å². The smallest absolute Gasteiger partial charge is 0.343 e. The number of halogens is 2. The summed E-state index contributed by atoms with van der Waals surface area (Å²) in [5.41, 5.74) is 1.06. The first kappa shape index (κ1) is 18.7. The predicted octanol–water partition coefficient (Wildman–Crippen LogP) is 1.61. The molecule has 9 heteroatoms. The van der Waals surface area contributed by atoms with E-state index in [0.29, 0.717) is 40.3 Å². The van der Waals surface area contributed by atoms with Crippen LogP contribution in [-0.4, -0.2) is 22.6 Å². The Morgan fingerprint density at radius 1 is 1.37 bits per heavy atom. The van der Waals surface area contributed by atoms with Gasteiger partial charge in [-0.2, -0.15) is 10.4 Å². The normalized spacial score (nSPS) is 10.6. The molecular weight excluding hydrogens is 369 g/mol. The molecule has 1 N–H and O–H groups in total. The van der Waals surface area contributed by atoms with Crippen molar-refractivity contribution in [1.29, 1.82) is 5.26 Å². The van der Waals surface area contributed by atoms with E-state index in [0.717, 1.165) is 0 Å². The van der Waals surface area contributed by atoms with Crippen molar-refractivity contribution in [2.45, 2.75) is 12.8 Å². The van der Waals surface area contributed by atoms with Gasteiger partial charge in [0.25, 0.3) is 0 Å². The summed E-state index contributed by atoms with van der Waals surface area (Å²) in [6.45, 7) is 0. The first-order chi connectivity index (χ1) is 12.9. The summed E-state index contributed by atoms with van der Waals surface area (Å²) in [5, 5.41) is 15.7. The first-order valence-corrected chi connectivity index (χ1v) is 8.53. The zero-order valence-electron chi connectivity index (χ0n) is 14.7. The average molecular weight is 385 g/mol. The third kappa shape index (κ3) is 4.04. The molecule has 1 aromatic heterocycles. The molecule has 0 aliphatic rings. The molecule has 2 aromatic carbocycles. The van der Waals surface area contributed by atoms with Gasteiger partial charge < -0.3 is 4.74 Å². The van der Waals surface area contributed by atoms with E-state index in [1.165, 1.54) is 22.8 Å². The lowest BCUT2D eigenvalue weighted by Crippen LogP contribution is -2.15. The Morgan fingerprint density at radius 2 is 2.15 bits per heavy atom. The second-order valence-electron chi connectivity index (χ2n) is 6.08. The lowest BCUT2D eigenvalue weighted by molar-refractivity contribution is 0.438.